The summed E-state index contributed by atoms with van der Waals surface area (Å²) in [7, 11) is 3.44. The number of carbonyl (C=O) groups excluding carboxylic acids is 2. The van der Waals surface area contributed by atoms with E-state index in [0.717, 1.165) is 0 Å². The Hall–Kier alpha value is -0.900. The van der Waals surface area contributed by atoms with Crippen LogP contribution in [-0.4, -0.2) is 43.9 Å². The van der Waals surface area contributed by atoms with Gasteiger partial charge in [-0.25, -0.2) is 4.79 Å². The molecule has 0 N–H and O–H groups in total. The van der Waals surface area contributed by atoms with Gasteiger partial charge in [0.15, 0.2) is 0 Å². The van der Waals surface area contributed by atoms with Gasteiger partial charge in [0, 0.05) is 0 Å². The first-order valence-corrected chi connectivity index (χ1v) is 3.42. The van der Waals surface area contributed by atoms with Gasteiger partial charge in [-0.3, -0.25) is 4.79 Å². The van der Waals surface area contributed by atoms with Crippen LogP contribution in [0.4, 0.5) is 0 Å². The van der Waals surface area contributed by atoms with Gasteiger partial charge < -0.3 is 9.64 Å². The summed E-state index contributed by atoms with van der Waals surface area (Å²) in [6.45, 7) is 2.03. The van der Waals surface area contributed by atoms with Gasteiger partial charge in [0.2, 0.25) is 0 Å². The molecule has 0 aliphatic rings. The second kappa shape index (κ2) is 4.85. The minimum atomic E-state index is -0.749. The van der Waals surface area contributed by atoms with Crippen molar-refractivity contribution in [2.75, 3.05) is 27.2 Å². The first-order valence-electron chi connectivity index (χ1n) is 3.42. The molecule has 0 aromatic rings. The highest BCUT2D eigenvalue weighted by Gasteiger charge is 2.14. The Kier molecular flexibility index (Phi) is 4.45. The molecule has 0 fully saturated rings. The number of carbonyl (C=O) groups is 2. The molecular formula is C7H13NO3. The van der Waals surface area contributed by atoms with Gasteiger partial charge in [-0.1, -0.05) is 0 Å². The van der Waals surface area contributed by atoms with Crippen molar-refractivity contribution < 1.29 is 14.3 Å². The quantitative estimate of drug-likeness (QED) is 0.416. The summed E-state index contributed by atoms with van der Waals surface area (Å²) in [6, 6.07) is 0. The third-order valence-corrected chi connectivity index (χ3v) is 0.963. The maximum Gasteiger partial charge on any atom is 0.375 e. The zero-order valence-electron chi connectivity index (χ0n) is 7.09. The summed E-state index contributed by atoms with van der Waals surface area (Å²) in [6.07, 6.45) is 0. The van der Waals surface area contributed by atoms with Gasteiger partial charge in [-0.15, -0.1) is 0 Å². The van der Waals surface area contributed by atoms with Crippen molar-refractivity contribution in [3.63, 3.8) is 0 Å². The van der Waals surface area contributed by atoms with E-state index in [1.54, 1.807) is 25.9 Å². The summed E-state index contributed by atoms with van der Waals surface area (Å²) in [5.41, 5.74) is 0. The summed E-state index contributed by atoms with van der Waals surface area (Å²) in [5, 5.41) is 0. The normalized spacial score (nSPS) is 9.82. The van der Waals surface area contributed by atoms with E-state index in [9.17, 15) is 9.59 Å². The Bertz CT molecular complexity index is 154. The van der Waals surface area contributed by atoms with Crippen LogP contribution in [0.3, 0.4) is 0 Å². The molecule has 0 saturated heterocycles. The summed E-state index contributed by atoms with van der Waals surface area (Å²) in [4.78, 5) is 23.1. The Balaban J connectivity index is 3.74. The van der Waals surface area contributed by atoms with Crippen molar-refractivity contribution in [2.45, 2.75) is 6.92 Å². The molecule has 0 rings (SSSR count). The van der Waals surface area contributed by atoms with Crippen LogP contribution in [0, 0.1) is 0 Å². The van der Waals surface area contributed by atoms with Crippen molar-refractivity contribution in [1.29, 1.82) is 0 Å². The van der Waals surface area contributed by atoms with Crippen molar-refractivity contribution in [3.8, 4) is 0 Å². The van der Waals surface area contributed by atoms with Crippen molar-refractivity contribution in [2.24, 2.45) is 0 Å². The minimum absolute atomic E-state index is 0.110. The van der Waals surface area contributed by atoms with E-state index in [2.05, 4.69) is 4.74 Å². The van der Waals surface area contributed by atoms with E-state index in [1.165, 1.54) is 0 Å². The van der Waals surface area contributed by atoms with Gasteiger partial charge >= 0.3 is 5.97 Å². The molecule has 0 amide bonds. The van der Waals surface area contributed by atoms with Gasteiger partial charge in [0.05, 0.1) is 13.2 Å². The van der Waals surface area contributed by atoms with Crippen LogP contribution >= 0.6 is 0 Å². The van der Waals surface area contributed by atoms with Crippen LogP contribution < -0.4 is 0 Å². The average Bonchev–Trinajstić information content (AvgIpc) is 1.86. The fourth-order valence-electron chi connectivity index (χ4n) is 0.563. The maximum absolute atomic E-state index is 10.8. The van der Waals surface area contributed by atoms with Crippen LogP contribution in [0.2, 0.25) is 0 Å². The number of hydrogen-bond donors (Lipinski definition) is 0. The predicted molar refractivity (Wildman–Crippen MR) is 40.2 cm³/mol. The molecule has 0 atom stereocenters. The molecule has 0 aliphatic heterocycles. The highest BCUT2D eigenvalue weighted by Crippen LogP contribution is 1.83. The second-order valence-electron chi connectivity index (χ2n) is 2.38. The lowest BCUT2D eigenvalue weighted by Crippen LogP contribution is -2.29. The number of likely N-dealkylation sites (N-methyl/N-ethyl adjacent to an activating group) is 1. The monoisotopic (exact) mass is 159 g/mol. The number of Topliss-reactive ketones (excluding diaryl/α,β-unsaturated/α-hetero) is 1. The topological polar surface area (TPSA) is 46.6 Å². The molecule has 0 aromatic heterocycles. The lowest BCUT2D eigenvalue weighted by atomic mass is 10.4. The fraction of sp³-hybridized carbons (Fsp3) is 0.714. The van der Waals surface area contributed by atoms with E-state index < -0.39 is 11.8 Å². The average molecular weight is 159 g/mol. The van der Waals surface area contributed by atoms with Gasteiger partial charge in [-0.05, 0) is 21.0 Å². The Morgan fingerprint density at radius 2 is 1.91 bits per heavy atom. The van der Waals surface area contributed by atoms with Crippen molar-refractivity contribution in [3.05, 3.63) is 0 Å². The first-order chi connectivity index (χ1) is 5.07. The van der Waals surface area contributed by atoms with Crippen molar-refractivity contribution >= 4 is 11.8 Å². The number of esters is 1. The molecule has 0 heterocycles. The van der Waals surface area contributed by atoms with E-state index in [-0.39, 0.29) is 13.2 Å². The molecule has 0 aromatic carbocycles. The number of ketones is 1. The highest BCUT2D eigenvalue weighted by atomic mass is 16.5. The van der Waals surface area contributed by atoms with Crippen LogP contribution in [0.15, 0.2) is 0 Å². The van der Waals surface area contributed by atoms with Gasteiger partial charge in [-0.2, -0.15) is 0 Å². The van der Waals surface area contributed by atoms with Crippen molar-refractivity contribution in [1.82, 2.24) is 4.90 Å². The molecule has 0 saturated carbocycles. The third-order valence-electron chi connectivity index (χ3n) is 0.963. The van der Waals surface area contributed by atoms with Crippen LogP contribution in [0.25, 0.3) is 0 Å². The summed E-state index contributed by atoms with van der Waals surface area (Å²) < 4.78 is 4.49. The molecule has 0 aliphatic carbocycles. The van der Waals surface area contributed by atoms with Crippen LogP contribution in [-0.2, 0) is 14.3 Å². The van der Waals surface area contributed by atoms with E-state index in [4.69, 9.17) is 0 Å². The highest BCUT2D eigenvalue weighted by molar-refractivity contribution is 6.34. The molecule has 0 unspecified atom stereocenters. The minimum Gasteiger partial charge on any atom is -0.460 e. The molecule has 0 spiro atoms. The Morgan fingerprint density at radius 1 is 1.36 bits per heavy atom. The smallest absolute Gasteiger partial charge is 0.375 e. The molecule has 11 heavy (non-hydrogen) atoms. The molecule has 4 heteroatoms. The Labute approximate surface area is 66.1 Å². The molecule has 4 nitrogen and oxygen atoms in total. The number of rotatable bonds is 4. The lowest BCUT2D eigenvalue weighted by Gasteiger charge is -2.06. The first kappa shape index (κ1) is 10.1. The fourth-order valence-corrected chi connectivity index (χ4v) is 0.563. The molecular weight excluding hydrogens is 146 g/mol. The molecule has 0 radical (unpaired) electrons. The number of ether oxygens (including phenoxy) is 1. The second-order valence-corrected chi connectivity index (χ2v) is 2.38. The maximum atomic E-state index is 10.8. The van der Waals surface area contributed by atoms with Gasteiger partial charge in [0.1, 0.15) is 0 Å². The summed E-state index contributed by atoms with van der Waals surface area (Å²) in [5.74, 6) is -1.25. The lowest BCUT2D eigenvalue weighted by molar-refractivity contribution is -0.153. The zero-order valence-corrected chi connectivity index (χ0v) is 7.09. The van der Waals surface area contributed by atoms with E-state index in [1.807, 2.05) is 0 Å². The number of hydrogen-bond acceptors (Lipinski definition) is 4. The summed E-state index contributed by atoms with van der Waals surface area (Å²) >= 11 is 0. The molecule has 0 bridgehead atoms. The zero-order chi connectivity index (χ0) is 8.85. The van der Waals surface area contributed by atoms with Crippen LogP contribution in [0.5, 0.6) is 0 Å². The van der Waals surface area contributed by atoms with E-state index >= 15 is 0 Å². The predicted octanol–water partition coefficient (Wildman–Crippen LogP) is -0.320. The molecule has 64 valence electrons. The standard InChI is InChI=1S/C7H13NO3/c1-4-11-7(10)6(9)5-8(2)3/h4-5H2,1-3H3. The third kappa shape index (κ3) is 4.50. The van der Waals surface area contributed by atoms with E-state index in [0.29, 0.717) is 0 Å². The SMILES string of the molecule is CCOC(=O)C(=O)CN(C)C. The Morgan fingerprint density at radius 3 is 2.27 bits per heavy atom. The van der Waals surface area contributed by atoms with Crippen LogP contribution in [0.1, 0.15) is 6.92 Å². The van der Waals surface area contributed by atoms with Gasteiger partial charge in [0.25, 0.3) is 5.78 Å². The number of nitrogens with zero attached hydrogens (tertiary/aromatic N) is 1. The largest absolute Gasteiger partial charge is 0.460 e.